The number of Topliss-reactive ketones (excluding diaryl/α,β-unsaturated/α-hetero) is 1. The molecular formula is C28H26F3N3O3. The number of ether oxygens (including phenoxy) is 1. The number of alkyl halides is 3. The second kappa shape index (κ2) is 9.21. The first-order valence-corrected chi connectivity index (χ1v) is 12.1. The third-order valence-corrected chi connectivity index (χ3v) is 6.71. The van der Waals surface area contributed by atoms with Gasteiger partial charge < -0.3 is 9.72 Å². The molecule has 3 heterocycles. The molecule has 0 bridgehead atoms. The molecule has 1 aromatic carbocycles. The van der Waals surface area contributed by atoms with E-state index in [-0.39, 0.29) is 17.6 Å². The number of aromatic nitrogens is 2. The van der Waals surface area contributed by atoms with Crippen LogP contribution in [0.5, 0.6) is 5.88 Å². The molecule has 1 atom stereocenters. The smallest absolute Gasteiger partial charge is 0.388 e. The first-order valence-electron chi connectivity index (χ1n) is 12.1. The quantitative estimate of drug-likeness (QED) is 0.373. The summed E-state index contributed by atoms with van der Waals surface area (Å²) in [4.78, 5) is 36.3. The summed E-state index contributed by atoms with van der Waals surface area (Å²) in [7, 11) is 0. The zero-order chi connectivity index (χ0) is 26.5. The normalized spacial score (nSPS) is 18.2. The molecule has 1 aliphatic carbocycles. The third kappa shape index (κ3) is 4.90. The Morgan fingerprint density at radius 1 is 1.08 bits per heavy atom. The lowest BCUT2D eigenvalue weighted by Crippen LogP contribution is -2.31. The molecule has 2 aliphatic rings. The Labute approximate surface area is 212 Å². The Morgan fingerprint density at radius 2 is 1.78 bits per heavy atom. The van der Waals surface area contributed by atoms with Crippen molar-refractivity contribution in [1.82, 2.24) is 9.97 Å². The predicted octanol–water partition coefficient (Wildman–Crippen LogP) is 6.42. The lowest BCUT2D eigenvalue weighted by atomic mass is 9.89. The molecule has 5 rings (SSSR count). The van der Waals surface area contributed by atoms with Gasteiger partial charge >= 0.3 is 6.36 Å². The van der Waals surface area contributed by atoms with E-state index in [1.165, 1.54) is 17.2 Å². The fourth-order valence-electron chi connectivity index (χ4n) is 4.75. The molecule has 9 heteroatoms. The molecule has 1 N–H and O–H groups in total. The van der Waals surface area contributed by atoms with Crippen LogP contribution in [0.15, 0.2) is 65.9 Å². The van der Waals surface area contributed by atoms with Gasteiger partial charge in [-0.2, -0.15) is 0 Å². The Balaban J connectivity index is 1.62. The largest absolute Gasteiger partial charge is 0.574 e. The van der Waals surface area contributed by atoms with Crippen LogP contribution in [0.2, 0.25) is 0 Å². The highest BCUT2D eigenvalue weighted by Gasteiger charge is 2.49. The monoisotopic (exact) mass is 509 g/mol. The number of hydrogen-bond acceptors (Lipinski definition) is 4. The first-order chi connectivity index (χ1) is 17.5. The summed E-state index contributed by atoms with van der Waals surface area (Å²) in [5.41, 5.74) is 3.57. The van der Waals surface area contributed by atoms with E-state index in [1.807, 2.05) is 25.1 Å². The van der Waals surface area contributed by atoms with Gasteiger partial charge in [0.15, 0.2) is 5.78 Å². The topological polar surface area (TPSA) is 75.3 Å². The molecule has 6 nitrogen and oxygen atoms in total. The summed E-state index contributed by atoms with van der Waals surface area (Å²) in [6.45, 7) is 5.97. The molecule has 3 aromatic rings. The number of carbonyl (C=O) groups excluding carboxylic acids is 2. The third-order valence-electron chi connectivity index (χ3n) is 6.71. The number of amides is 1. The average Bonchev–Trinajstić information content (AvgIpc) is 3.52. The lowest BCUT2D eigenvalue weighted by Gasteiger charge is -2.26. The van der Waals surface area contributed by atoms with E-state index in [0.717, 1.165) is 30.2 Å². The molecule has 0 radical (unpaired) electrons. The SMILES string of the molecule is Cc1ccc(N2C(=O)C(C3CC3)=C(C(=O)c3ccc(C(C)C)cc3)[C@H]2c2ccc(OC(F)(F)F)nc2)[nH]1. The standard InChI is InChI=1S/C28H26F3N3O3/c1-15(2)17-5-9-19(10-6-17)26(35)24-23(18-7-8-18)27(36)34(21-12-4-16(3)33-21)25(24)20-11-13-22(32-14-20)37-28(29,30)31/h4-6,9-15,18,25,33H,7-8H2,1-3H3/t25-/m1/s1. The number of ketones is 1. The number of H-pyrrole nitrogens is 1. The summed E-state index contributed by atoms with van der Waals surface area (Å²) in [6, 6.07) is 12.6. The van der Waals surface area contributed by atoms with Crippen LogP contribution < -0.4 is 9.64 Å². The Hall–Kier alpha value is -3.88. The van der Waals surface area contributed by atoms with Gasteiger partial charge in [-0.1, -0.05) is 38.1 Å². The minimum Gasteiger partial charge on any atom is -0.388 e. The van der Waals surface area contributed by atoms with Crippen LogP contribution in [0.1, 0.15) is 65.8 Å². The fourth-order valence-corrected chi connectivity index (χ4v) is 4.75. The van der Waals surface area contributed by atoms with Gasteiger partial charge in [-0.15, -0.1) is 13.2 Å². The average molecular weight is 510 g/mol. The van der Waals surface area contributed by atoms with E-state index in [2.05, 4.69) is 28.6 Å². The molecule has 1 amide bonds. The van der Waals surface area contributed by atoms with Crippen molar-refractivity contribution in [3.63, 3.8) is 0 Å². The number of aromatic amines is 1. The molecule has 0 unspecified atom stereocenters. The first kappa shape index (κ1) is 24.8. The van der Waals surface area contributed by atoms with Gasteiger partial charge in [-0.25, -0.2) is 4.98 Å². The van der Waals surface area contributed by atoms with Crippen LogP contribution in [-0.4, -0.2) is 28.0 Å². The van der Waals surface area contributed by atoms with E-state index in [0.29, 0.717) is 34.0 Å². The molecule has 1 aliphatic heterocycles. The van der Waals surface area contributed by atoms with Crippen LogP contribution >= 0.6 is 0 Å². The lowest BCUT2D eigenvalue weighted by molar-refractivity contribution is -0.276. The van der Waals surface area contributed by atoms with Gasteiger partial charge in [0.25, 0.3) is 5.91 Å². The number of carbonyl (C=O) groups is 2. The van der Waals surface area contributed by atoms with Crippen molar-refractivity contribution in [2.75, 3.05) is 4.90 Å². The van der Waals surface area contributed by atoms with E-state index in [1.54, 1.807) is 18.2 Å². The zero-order valence-electron chi connectivity index (χ0n) is 20.6. The number of aryl methyl sites for hydroxylation is 1. The maximum absolute atomic E-state index is 14.0. The number of nitrogens with zero attached hydrogens (tertiary/aromatic N) is 2. The predicted molar refractivity (Wildman–Crippen MR) is 131 cm³/mol. The summed E-state index contributed by atoms with van der Waals surface area (Å²) in [5.74, 6) is -0.429. The fraction of sp³-hybridized carbons (Fsp3) is 0.321. The highest BCUT2D eigenvalue weighted by atomic mass is 19.4. The van der Waals surface area contributed by atoms with Gasteiger partial charge in [0, 0.05) is 34.7 Å². The number of nitrogens with one attached hydrogen (secondary N) is 1. The van der Waals surface area contributed by atoms with Crippen molar-refractivity contribution in [2.24, 2.45) is 5.92 Å². The molecule has 2 aromatic heterocycles. The van der Waals surface area contributed by atoms with E-state index < -0.39 is 18.3 Å². The van der Waals surface area contributed by atoms with Gasteiger partial charge in [0.2, 0.25) is 5.88 Å². The Kier molecular flexibility index (Phi) is 6.17. The molecular weight excluding hydrogens is 483 g/mol. The van der Waals surface area contributed by atoms with Crippen molar-refractivity contribution in [1.29, 1.82) is 0 Å². The van der Waals surface area contributed by atoms with E-state index >= 15 is 0 Å². The van der Waals surface area contributed by atoms with Crippen LogP contribution in [0, 0.1) is 12.8 Å². The molecule has 0 spiro atoms. The highest BCUT2D eigenvalue weighted by molar-refractivity contribution is 6.22. The molecule has 1 fully saturated rings. The molecule has 1 saturated carbocycles. The molecule has 37 heavy (non-hydrogen) atoms. The van der Waals surface area contributed by atoms with Crippen LogP contribution in [0.4, 0.5) is 19.0 Å². The number of pyridine rings is 1. The van der Waals surface area contributed by atoms with Crippen molar-refractivity contribution < 1.29 is 27.5 Å². The number of anilines is 1. The van der Waals surface area contributed by atoms with Crippen molar-refractivity contribution in [3.8, 4) is 5.88 Å². The van der Waals surface area contributed by atoms with Crippen LogP contribution in [0.3, 0.4) is 0 Å². The summed E-state index contributed by atoms with van der Waals surface area (Å²) in [5, 5.41) is 0. The van der Waals surface area contributed by atoms with Crippen LogP contribution in [0.25, 0.3) is 0 Å². The van der Waals surface area contributed by atoms with Gasteiger partial charge in [-0.3, -0.25) is 14.5 Å². The van der Waals surface area contributed by atoms with Gasteiger partial charge in [0.1, 0.15) is 5.82 Å². The van der Waals surface area contributed by atoms with Gasteiger partial charge in [-0.05, 0) is 60.9 Å². The minimum absolute atomic E-state index is 0.0364. The number of rotatable bonds is 7. The summed E-state index contributed by atoms with van der Waals surface area (Å²) >= 11 is 0. The summed E-state index contributed by atoms with van der Waals surface area (Å²) < 4.78 is 42.0. The number of benzene rings is 1. The Morgan fingerprint density at radius 3 is 2.30 bits per heavy atom. The van der Waals surface area contributed by atoms with E-state index in [9.17, 15) is 22.8 Å². The van der Waals surface area contributed by atoms with Gasteiger partial charge in [0.05, 0.1) is 6.04 Å². The van der Waals surface area contributed by atoms with E-state index in [4.69, 9.17) is 0 Å². The second-order valence-electron chi connectivity index (χ2n) is 9.79. The van der Waals surface area contributed by atoms with Crippen molar-refractivity contribution >= 4 is 17.5 Å². The Bertz CT molecular complexity index is 1370. The maximum Gasteiger partial charge on any atom is 0.574 e. The maximum atomic E-state index is 14.0. The second-order valence-corrected chi connectivity index (χ2v) is 9.79. The van der Waals surface area contributed by atoms with Crippen molar-refractivity contribution in [2.45, 2.75) is 51.9 Å². The number of hydrogen-bond donors (Lipinski definition) is 1. The molecule has 192 valence electrons. The molecule has 0 saturated heterocycles. The number of halogens is 3. The van der Waals surface area contributed by atoms with Crippen LogP contribution in [-0.2, 0) is 4.79 Å². The summed E-state index contributed by atoms with van der Waals surface area (Å²) in [6.07, 6.45) is -2.06. The van der Waals surface area contributed by atoms with Crippen molar-refractivity contribution in [3.05, 3.63) is 88.3 Å². The highest BCUT2D eigenvalue weighted by Crippen LogP contribution is 2.50. The minimum atomic E-state index is -4.88. The zero-order valence-corrected chi connectivity index (χ0v) is 20.6.